The minimum atomic E-state index is -0.591. The van der Waals surface area contributed by atoms with Crippen molar-refractivity contribution in [3.05, 3.63) is 28.8 Å². The fourth-order valence-corrected chi connectivity index (χ4v) is 1.51. The first kappa shape index (κ1) is 11.6. The molecule has 0 saturated carbocycles. The topological polar surface area (TPSA) is 70.3 Å². The van der Waals surface area contributed by atoms with Gasteiger partial charge >= 0.3 is 5.97 Å². The van der Waals surface area contributed by atoms with E-state index in [1.807, 2.05) is 6.07 Å². The average molecular weight is 223 g/mol. The number of benzene rings is 1. The van der Waals surface area contributed by atoms with Crippen LogP contribution in [0.3, 0.4) is 0 Å². The number of nitrogens with zero attached hydrogens (tertiary/aromatic N) is 1. The number of aliphatic hydroxyl groups excluding tert-OH is 1. The van der Waals surface area contributed by atoms with Gasteiger partial charge in [0, 0.05) is 10.5 Å². The number of hydrogen-bond acceptors (Lipinski definition) is 5. The monoisotopic (exact) mass is 223 g/mol. The molecule has 0 saturated heterocycles. The van der Waals surface area contributed by atoms with E-state index in [0.717, 1.165) is 0 Å². The van der Waals surface area contributed by atoms with Crippen LogP contribution < -0.4 is 0 Å². The summed E-state index contributed by atoms with van der Waals surface area (Å²) in [6.07, 6.45) is 0. The Kier molecular flexibility index (Phi) is 3.72. The SMILES string of the molecule is COC(=O)c1cc(C#N)cc(S)c1CO. The fourth-order valence-electron chi connectivity index (χ4n) is 1.18. The van der Waals surface area contributed by atoms with Crippen LogP contribution in [0, 0.1) is 11.3 Å². The highest BCUT2D eigenvalue weighted by molar-refractivity contribution is 7.80. The first-order valence-electron chi connectivity index (χ1n) is 4.09. The van der Waals surface area contributed by atoms with Crippen LogP contribution >= 0.6 is 12.6 Å². The van der Waals surface area contributed by atoms with Crippen molar-refractivity contribution < 1.29 is 14.6 Å². The third-order valence-electron chi connectivity index (χ3n) is 1.92. The van der Waals surface area contributed by atoms with Crippen LogP contribution in [-0.2, 0) is 11.3 Å². The zero-order valence-electron chi connectivity index (χ0n) is 8.02. The van der Waals surface area contributed by atoms with Gasteiger partial charge in [-0.15, -0.1) is 12.6 Å². The van der Waals surface area contributed by atoms with Gasteiger partial charge in [0.2, 0.25) is 0 Å². The molecular weight excluding hydrogens is 214 g/mol. The maximum Gasteiger partial charge on any atom is 0.338 e. The molecule has 0 aliphatic rings. The summed E-state index contributed by atoms with van der Waals surface area (Å²) in [6.45, 7) is -0.324. The van der Waals surface area contributed by atoms with Gasteiger partial charge in [0.15, 0.2) is 0 Å². The van der Waals surface area contributed by atoms with Crippen molar-refractivity contribution in [3.8, 4) is 6.07 Å². The van der Waals surface area contributed by atoms with Crippen molar-refractivity contribution in [2.24, 2.45) is 0 Å². The molecule has 4 nitrogen and oxygen atoms in total. The smallest absolute Gasteiger partial charge is 0.338 e. The van der Waals surface area contributed by atoms with Gasteiger partial charge in [0.05, 0.1) is 30.9 Å². The second kappa shape index (κ2) is 4.82. The molecule has 1 rings (SSSR count). The molecule has 0 amide bonds. The van der Waals surface area contributed by atoms with Gasteiger partial charge in [0.25, 0.3) is 0 Å². The van der Waals surface area contributed by atoms with Gasteiger partial charge in [-0.2, -0.15) is 5.26 Å². The zero-order valence-corrected chi connectivity index (χ0v) is 8.91. The molecule has 0 spiro atoms. The second-order valence-corrected chi connectivity index (χ2v) is 3.26. The number of carbonyl (C=O) groups excluding carboxylic acids is 1. The first-order valence-corrected chi connectivity index (χ1v) is 4.54. The highest BCUT2D eigenvalue weighted by Crippen LogP contribution is 2.21. The minimum absolute atomic E-state index is 0.170. The molecule has 0 bridgehead atoms. The van der Waals surface area contributed by atoms with Crippen LogP contribution in [0.2, 0.25) is 0 Å². The largest absolute Gasteiger partial charge is 0.465 e. The molecule has 78 valence electrons. The number of aliphatic hydroxyl groups is 1. The first-order chi connectivity index (χ1) is 7.13. The van der Waals surface area contributed by atoms with E-state index in [1.54, 1.807) is 0 Å². The highest BCUT2D eigenvalue weighted by atomic mass is 32.1. The minimum Gasteiger partial charge on any atom is -0.465 e. The van der Waals surface area contributed by atoms with Crippen LogP contribution in [0.15, 0.2) is 17.0 Å². The number of carbonyl (C=O) groups is 1. The van der Waals surface area contributed by atoms with E-state index in [4.69, 9.17) is 10.4 Å². The predicted octanol–water partition coefficient (Wildman–Crippen LogP) is 1.13. The molecule has 1 aromatic rings. The average Bonchev–Trinajstić information content (AvgIpc) is 2.26. The summed E-state index contributed by atoms with van der Waals surface area (Å²) in [5.41, 5.74) is 0.839. The van der Waals surface area contributed by atoms with Crippen molar-refractivity contribution in [2.75, 3.05) is 7.11 Å². The van der Waals surface area contributed by atoms with E-state index < -0.39 is 5.97 Å². The number of methoxy groups -OCH3 is 1. The zero-order chi connectivity index (χ0) is 11.4. The maximum absolute atomic E-state index is 11.3. The number of hydrogen-bond donors (Lipinski definition) is 2. The maximum atomic E-state index is 11.3. The van der Waals surface area contributed by atoms with Gasteiger partial charge in [-0.25, -0.2) is 4.79 Å². The molecule has 0 unspecified atom stereocenters. The van der Waals surface area contributed by atoms with E-state index in [2.05, 4.69) is 17.4 Å². The molecule has 0 fully saturated rings. The Balaban J connectivity index is 3.40. The Labute approximate surface area is 92.5 Å². The molecule has 1 N–H and O–H groups in total. The number of esters is 1. The van der Waals surface area contributed by atoms with Crippen LogP contribution in [0.25, 0.3) is 0 Å². The fraction of sp³-hybridized carbons (Fsp3) is 0.200. The lowest BCUT2D eigenvalue weighted by atomic mass is 10.0. The third kappa shape index (κ3) is 2.29. The number of thiol groups is 1. The third-order valence-corrected chi connectivity index (χ3v) is 2.32. The molecule has 1 aromatic carbocycles. The van der Waals surface area contributed by atoms with Gasteiger partial charge in [0.1, 0.15) is 0 Å². The van der Waals surface area contributed by atoms with E-state index in [1.165, 1.54) is 19.2 Å². The van der Waals surface area contributed by atoms with Crippen molar-refractivity contribution in [1.82, 2.24) is 0 Å². The summed E-state index contributed by atoms with van der Waals surface area (Å²) in [6, 6.07) is 4.76. The lowest BCUT2D eigenvalue weighted by Crippen LogP contribution is -2.07. The van der Waals surface area contributed by atoms with E-state index in [9.17, 15) is 4.79 Å². The summed E-state index contributed by atoms with van der Waals surface area (Å²) in [4.78, 5) is 11.7. The van der Waals surface area contributed by atoms with E-state index in [0.29, 0.717) is 16.0 Å². The second-order valence-electron chi connectivity index (χ2n) is 2.78. The molecule has 0 aliphatic heterocycles. The molecular formula is C10H9NO3S. The molecule has 0 aliphatic carbocycles. The normalized spacial score (nSPS) is 9.47. The Bertz CT molecular complexity index is 437. The molecule has 0 atom stereocenters. The number of ether oxygens (including phenoxy) is 1. The molecule has 5 heteroatoms. The van der Waals surface area contributed by atoms with Crippen LogP contribution in [0.1, 0.15) is 21.5 Å². The van der Waals surface area contributed by atoms with Crippen molar-refractivity contribution >= 4 is 18.6 Å². The molecule has 0 aromatic heterocycles. The standard InChI is InChI=1S/C10H9NO3S/c1-14-10(13)7-2-6(4-11)3-9(15)8(7)5-12/h2-3,12,15H,5H2,1H3. The van der Waals surface area contributed by atoms with E-state index >= 15 is 0 Å². The van der Waals surface area contributed by atoms with Gasteiger partial charge in [-0.3, -0.25) is 0 Å². The Morgan fingerprint density at radius 1 is 1.67 bits per heavy atom. The van der Waals surface area contributed by atoms with Crippen molar-refractivity contribution in [1.29, 1.82) is 5.26 Å². The summed E-state index contributed by atoms with van der Waals surface area (Å²) >= 11 is 4.09. The molecule has 0 radical (unpaired) electrons. The summed E-state index contributed by atoms with van der Waals surface area (Å²) < 4.78 is 4.54. The van der Waals surface area contributed by atoms with Crippen LogP contribution in [0.5, 0.6) is 0 Å². The Morgan fingerprint density at radius 3 is 2.80 bits per heavy atom. The molecule has 0 heterocycles. The van der Waals surface area contributed by atoms with Crippen molar-refractivity contribution in [2.45, 2.75) is 11.5 Å². The van der Waals surface area contributed by atoms with Gasteiger partial charge in [-0.1, -0.05) is 0 Å². The lowest BCUT2D eigenvalue weighted by molar-refractivity contribution is 0.0596. The predicted molar refractivity (Wildman–Crippen MR) is 55.7 cm³/mol. The van der Waals surface area contributed by atoms with Crippen LogP contribution in [-0.4, -0.2) is 18.2 Å². The lowest BCUT2D eigenvalue weighted by Gasteiger charge is -2.08. The highest BCUT2D eigenvalue weighted by Gasteiger charge is 2.15. The van der Waals surface area contributed by atoms with Gasteiger partial charge < -0.3 is 9.84 Å². The summed E-state index contributed by atoms with van der Waals surface area (Å²) in [7, 11) is 1.24. The number of nitriles is 1. The molecule has 15 heavy (non-hydrogen) atoms. The Hall–Kier alpha value is -1.51. The quantitative estimate of drug-likeness (QED) is 0.582. The summed E-state index contributed by atoms with van der Waals surface area (Å²) in [5.74, 6) is -0.591. The van der Waals surface area contributed by atoms with Crippen LogP contribution in [0.4, 0.5) is 0 Å². The summed E-state index contributed by atoms with van der Waals surface area (Å²) in [5, 5.41) is 17.8. The van der Waals surface area contributed by atoms with Gasteiger partial charge in [-0.05, 0) is 12.1 Å². The Morgan fingerprint density at radius 2 is 2.33 bits per heavy atom. The van der Waals surface area contributed by atoms with Crippen molar-refractivity contribution in [3.63, 3.8) is 0 Å². The van der Waals surface area contributed by atoms with E-state index in [-0.39, 0.29) is 12.2 Å². The number of rotatable bonds is 2.